The number of hydrogen-bond donors (Lipinski definition) is 2. The van der Waals surface area contributed by atoms with E-state index in [1.165, 1.54) is 0 Å². The van der Waals surface area contributed by atoms with Crippen LogP contribution >= 0.6 is 23.2 Å². The summed E-state index contributed by atoms with van der Waals surface area (Å²) in [6.07, 6.45) is 0. The van der Waals surface area contributed by atoms with E-state index in [2.05, 4.69) is 0 Å². The SMILES string of the molecule is O=S(=O)(O)c1cc(Cl)cc(Cl)c1O.[H-].[Na+]. The van der Waals surface area contributed by atoms with Gasteiger partial charge in [-0.15, -0.1) is 0 Å². The van der Waals surface area contributed by atoms with E-state index in [-0.39, 0.29) is 41.0 Å². The van der Waals surface area contributed by atoms with Gasteiger partial charge in [0, 0.05) is 5.02 Å². The fourth-order valence-corrected chi connectivity index (χ4v) is 1.98. The largest absolute Gasteiger partial charge is 1.00 e. The van der Waals surface area contributed by atoms with Gasteiger partial charge in [0.15, 0.2) is 5.75 Å². The van der Waals surface area contributed by atoms with Gasteiger partial charge in [-0.3, -0.25) is 4.55 Å². The Hall–Kier alpha value is 0.510. The second-order valence-corrected chi connectivity index (χ2v) is 4.44. The first-order valence-electron chi connectivity index (χ1n) is 2.98. The molecule has 1 aromatic rings. The van der Waals surface area contributed by atoms with Gasteiger partial charge in [0.25, 0.3) is 10.1 Å². The van der Waals surface area contributed by atoms with Crippen LogP contribution in [0.15, 0.2) is 17.0 Å². The molecule has 0 atom stereocenters. The molecule has 0 aliphatic carbocycles. The van der Waals surface area contributed by atoms with Gasteiger partial charge in [0.05, 0.1) is 5.02 Å². The fraction of sp³-hybridized carbons (Fsp3) is 0. The van der Waals surface area contributed by atoms with Crippen molar-refractivity contribution in [3.63, 3.8) is 0 Å². The first-order chi connectivity index (χ1) is 5.82. The Balaban J connectivity index is 0. The second-order valence-electron chi connectivity index (χ2n) is 2.21. The predicted molar refractivity (Wildman–Crippen MR) is 49.1 cm³/mol. The maximum absolute atomic E-state index is 10.6. The van der Waals surface area contributed by atoms with Crippen molar-refractivity contribution in [2.75, 3.05) is 0 Å². The molecule has 0 spiro atoms. The maximum atomic E-state index is 10.6. The third-order valence-electron chi connectivity index (χ3n) is 1.27. The van der Waals surface area contributed by atoms with Crippen molar-refractivity contribution in [1.29, 1.82) is 0 Å². The van der Waals surface area contributed by atoms with E-state index in [9.17, 15) is 8.42 Å². The van der Waals surface area contributed by atoms with Crippen molar-refractivity contribution in [2.24, 2.45) is 0 Å². The van der Waals surface area contributed by atoms with Gasteiger partial charge in [-0.05, 0) is 12.1 Å². The molecule has 0 saturated carbocycles. The van der Waals surface area contributed by atoms with Crippen molar-refractivity contribution in [2.45, 2.75) is 4.90 Å². The molecule has 74 valence electrons. The van der Waals surface area contributed by atoms with Crippen LogP contribution in [0, 0.1) is 0 Å². The van der Waals surface area contributed by atoms with Crippen LogP contribution in [0.4, 0.5) is 0 Å². The van der Waals surface area contributed by atoms with Crippen molar-refractivity contribution in [1.82, 2.24) is 0 Å². The van der Waals surface area contributed by atoms with Crippen LogP contribution in [-0.4, -0.2) is 18.1 Å². The van der Waals surface area contributed by atoms with Crippen molar-refractivity contribution < 1.29 is 49.1 Å². The first kappa shape index (κ1) is 14.5. The first-order valence-corrected chi connectivity index (χ1v) is 5.17. The summed E-state index contributed by atoms with van der Waals surface area (Å²) in [5, 5.41) is 8.90. The number of phenols is 1. The Bertz CT molecular complexity index is 451. The van der Waals surface area contributed by atoms with E-state index >= 15 is 0 Å². The molecule has 0 aliphatic rings. The number of aromatic hydroxyl groups is 1. The van der Waals surface area contributed by atoms with E-state index in [0.717, 1.165) is 12.1 Å². The van der Waals surface area contributed by atoms with Crippen LogP contribution in [0.5, 0.6) is 5.75 Å². The van der Waals surface area contributed by atoms with E-state index < -0.39 is 20.8 Å². The summed E-state index contributed by atoms with van der Waals surface area (Å²) in [4.78, 5) is -0.704. The molecule has 8 heteroatoms. The van der Waals surface area contributed by atoms with Crippen LogP contribution in [0.2, 0.25) is 10.0 Å². The van der Waals surface area contributed by atoms with Gasteiger partial charge in [-0.2, -0.15) is 8.42 Å². The Labute approximate surface area is 114 Å². The number of benzene rings is 1. The van der Waals surface area contributed by atoms with Crippen LogP contribution in [0.25, 0.3) is 0 Å². The van der Waals surface area contributed by atoms with Crippen molar-refractivity contribution in [3.05, 3.63) is 22.2 Å². The number of halogens is 2. The van der Waals surface area contributed by atoms with Crippen LogP contribution < -0.4 is 29.6 Å². The van der Waals surface area contributed by atoms with Gasteiger partial charge in [-0.1, -0.05) is 23.2 Å². The molecule has 1 aromatic carbocycles. The predicted octanol–water partition coefficient (Wildman–Crippen LogP) is -0.938. The number of phenolic OH excluding ortho intramolecular Hbond substituents is 1. The van der Waals surface area contributed by atoms with Gasteiger partial charge < -0.3 is 6.53 Å². The van der Waals surface area contributed by atoms with Crippen molar-refractivity contribution >= 4 is 33.3 Å². The summed E-state index contributed by atoms with van der Waals surface area (Å²) in [6, 6.07) is 2.06. The topological polar surface area (TPSA) is 74.6 Å². The van der Waals surface area contributed by atoms with Crippen LogP contribution in [0.1, 0.15) is 1.43 Å². The normalized spacial score (nSPS) is 10.8. The van der Waals surface area contributed by atoms with Gasteiger partial charge >= 0.3 is 29.6 Å². The second kappa shape index (κ2) is 5.03. The molecule has 0 radical (unpaired) electrons. The summed E-state index contributed by atoms with van der Waals surface area (Å²) in [5.41, 5.74) is 0. The summed E-state index contributed by atoms with van der Waals surface area (Å²) in [7, 11) is -4.50. The molecule has 0 aliphatic heterocycles. The molecular weight excluding hydrogens is 262 g/mol. The number of rotatable bonds is 1. The minimum absolute atomic E-state index is 0. The summed E-state index contributed by atoms with van der Waals surface area (Å²) >= 11 is 10.9. The van der Waals surface area contributed by atoms with E-state index in [4.69, 9.17) is 32.9 Å². The minimum atomic E-state index is -4.50. The van der Waals surface area contributed by atoms with Gasteiger partial charge in [0.2, 0.25) is 0 Å². The zero-order chi connectivity index (χ0) is 10.2. The quantitative estimate of drug-likeness (QED) is 0.509. The molecule has 0 fully saturated rings. The summed E-state index contributed by atoms with van der Waals surface area (Å²) < 4.78 is 29.9. The zero-order valence-corrected chi connectivity index (χ0v) is 11.4. The summed E-state index contributed by atoms with van der Waals surface area (Å²) in [6.45, 7) is 0. The standard InChI is InChI=1S/C6H4Cl2O4S.Na.H/c7-3-1-4(8)6(9)5(2-3)13(10,11)12;;/h1-2,9H,(H,10,11,12);;/q;+1;-1. The smallest absolute Gasteiger partial charge is 1.00 e. The van der Waals surface area contributed by atoms with E-state index in [1.807, 2.05) is 0 Å². The van der Waals surface area contributed by atoms with E-state index in [1.54, 1.807) is 0 Å². The molecular formula is C6H5Cl2NaO4S. The van der Waals surface area contributed by atoms with Crippen LogP contribution in [0.3, 0.4) is 0 Å². The van der Waals surface area contributed by atoms with Gasteiger partial charge in [0.1, 0.15) is 4.90 Å². The number of hydrogen-bond acceptors (Lipinski definition) is 3. The molecule has 0 unspecified atom stereocenters. The Kier molecular flexibility index (Phi) is 5.21. The average Bonchev–Trinajstić information content (AvgIpc) is 1.94. The van der Waals surface area contributed by atoms with Crippen LogP contribution in [-0.2, 0) is 10.1 Å². The molecule has 0 amide bonds. The molecule has 0 heterocycles. The summed E-state index contributed by atoms with van der Waals surface area (Å²) in [5.74, 6) is -0.714. The Morgan fingerprint density at radius 2 is 1.79 bits per heavy atom. The average molecular weight is 267 g/mol. The molecule has 0 aromatic heterocycles. The third-order valence-corrected chi connectivity index (χ3v) is 2.64. The molecule has 2 N–H and O–H groups in total. The van der Waals surface area contributed by atoms with Gasteiger partial charge in [-0.25, -0.2) is 0 Å². The fourth-order valence-electron chi connectivity index (χ4n) is 0.739. The monoisotopic (exact) mass is 266 g/mol. The Morgan fingerprint density at radius 3 is 2.21 bits per heavy atom. The molecule has 0 saturated heterocycles. The van der Waals surface area contributed by atoms with E-state index in [0.29, 0.717) is 0 Å². The molecule has 1 rings (SSSR count). The maximum Gasteiger partial charge on any atom is 1.00 e. The zero-order valence-electron chi connectivity index (χ0n) is 8.03. The molecule has 14 heavy (non-hydrogen) atoms. The molecule has 4 nitrogen and oxygen atoms in total. The Morgan fingerprint density at radius 1 is 1.29 bits per heavy atom. The molecule has 0 bridgehead atoms. The third kappa shape index (κ3) is 3.27. The van der Waals surface area contributed by atoms with Crippen molar-refractivity contribution in [3.8, 4) is 5.75 Å². The minimum Gasteiger partial charge on any atom is -1.00 e.